The average Bonchev–Trinajstić information content (AvgIpc) is 2.54. The number of benzene rings is 1. The molecule has 0 atom stereocenters. The van der Waals surface area contributed by atoms with Crippen molar-refractivity contribution in [2.24, 2.45) is 5.92 Å². The fourth-order valence-corrected chi connectivity index (χ4v) is 3.01. The number of hydrogen-bond donors (Lipinski definition) is 1. The van der Waals surface area contributed by atoms with Crippen molar-refractivity contribution in [2.45, 2.75) is 51.7 Å². The van der Waals surface area contributed by atoms with E-state index in [0.717, 1.165) is 19.3 Å². The number of carbonyl (C=O) groups excluding carboxylic acids is 2. The molecule has 9 heteroatoms. The summed E-state index contributed by atoms with van der Waals surface area (Å²) >= 11 is 0. The highest BCUT2D eigenvalue weighted by atomic mass is 35.5. The molecule has 0 heterocycles. The van der Waals surface area contributed by atoms with Crippen LogP contribution in [0.15, 0.2) is 18.2 Å². The number of rotatable bonds is 7. The van der Waals surface area contributed by atoms with E-state index in [1.54, 1.807) is 24.1 Å². The SMILES string of the molecule is CN(CCC1CC(Nc2ccc(C=O)cc2[N+](=O)[O-])C1)C(=O)OC(C)(C)C.Cl. The number of hydrogen-bond acceptors (Lipinski definition) is 6. The van der Waals surface area contributed by atoms with Crippen molar-refractivity contribution >= 4 is 36.2 Å². The highest BCUT2D eigenvalue weighted by molar-refractivity contribution is 5.85. The lowest BCUT2D eigenvalue weighted by atomic mass is 9.78. The Morgan fingerprint density at radius 3 is 2.57 bits per heavy atom. The van der Waals surface area contributed by atoms with Gasteiger partial charge in [-0.25, -0.2) is 4.79 Å². The second-order valence-corrected chi connectivity index (χ2v) is 8.02. The van der Waals surface area contributed by atoms with Gasteiger partial charge in [0.25, 0.3) is 5.69 Å². The van der Waals surface area contributed by atoms with Gasteiger partial charge in [0.15, 0.2) is 0 Å². The number of nitro groups is 1. The van der Waals surface area contributed by atoms with Gasteiger partial charge < -0.3 is 15.0 Å². The zero-order valence-corrected chi connectivity index (χ0v) is 17.5. The summed E-state index contributed by atoms with van der Waals surface area (Å²) < 4.78 is 5.32. The molecule has 1 aromatic carbocycles. The molecule has 1 aliphatic rings. The Morgan fingerprint density at radius 2 is 2.04 bits per heavy atom. The predicted molar refractivity (Wildman–Crippen MR) is 109 cm³/mol. The second kappa shape index (κ2) is 9.73. The number of halogens is 1. The van der Waals surface area contributed by atoms with E-state index in [-0.39, 0.29) is 35.8 Å². The second-order valence-electron chi connectivity index (χ2n) is 8.02. The first kappa shape index (κ1) is 23.7. The minimum absolute atomic E-state index is 0. The Bertz CT molecular complexity index is 714. The van der Waals surface area contributed by atoms with Gasteiger partial charge in [-0.2, -0.15) is 0 Å². The highest BCUT2D eigenvalue weighted by Gasteiger charge is 2.31. The molecule has 0 aliphatic heterocycles. The highest BCUT2D eigenvalue weighted by Crippen LogP contribution is 2.35. The van der Waals surface area contributed by atoms with Crippen molar-refractivity contribution in [3.8, 4) is 0 Å². The number of nitrogens with one attached hydrogen (secondary N) is 1. The molecule has 1 amide bonds. The smallest absolute Gasteiger partial charge is 0.410 e. The van der Waals surface area contributed by atoms with Crippen LogP contribution in [0.2, 0.25) is 0 Å². The molecule has 0 unspecified atom stereocenters. The third kappa shape index (κ3) is 6.67. The summed E-state index contributed by atoms with van der Waals surface area (Å²) in [4.78, 5) is 35.0. The van der Waals surface area contributed by atoms with Gasteiger partial charge in [-0.15, -0.1) is 12.4 Å². The maximum absolute atomic E-state index is 11.9. The van der Waals surface area contributed by atoms with Gasteiger partial charge in [0, 0.05) is 31.3 Å². The van der Waals surface area contributed by atoms with Crippen molar-refractivity contribution in [2.75, 3.05) is 18.9 Å². The van der Waals surface area contributed by atoms with Gasteiger partial charge in [0.2, 0.25) is 0 Å². The molecule has 2 rings (SSSR count). The van der Waals surface area contributed by atoms with Crippen molar-refractivity contribution in [3.05, 3.63) is 33.9 Å². The Morgan fingerprint density at radius 1 is 1.39 bits per heavy atom. The molecule has 0 bridgehead atoms. The van der Waals surface area contributed by atoms with Crippen LogP contribution in [0, 0.1) is 16.0 Å². The monoisotopic (exact) mass is 413 g/mol. The van der Waals surface area contributed by atoms with Crippen LogP contribution in [0.4, 0.5) is 16.2 Å². The normalized spacial score (nSPS) is 18.3. The van der Waals surface area contributed by atoms with Crippen LogP contribution in [-0.2, 0) is 4.74 Å². The van der Waals surface area contributed by atoms with Crippen LogP contribution in [0.3, 0.4) is 0 Å². The summed E-state index contributed by atoms with van der Waals surface area (Å²) in [5, 5.41) is 14.4. The average molecular weight is 414 g/mol. The molecule has 1 saturated carbocycles. The van der Waals surface area contributed by atoms with Crippen molar-refractivity contribution in [1.82, 2.24) is 4.90 Å². The van der Waals surface area contributed by atoms with Crippen LogP contribution >= 0.6 is 12.4 Å². The molecule has 28 heavy (non-hydrogen) atoms. The van der Waals surface area contributed by atoms with Crippen LogP contribution in [0.1, 0.15) is 50.4 Å². The lowest BCUT2D eigenvalue weighted by Crippen LogP contribution is -2.39. The van der Waals surface area contributed by atoms with E-state index < -0.39 is 10.5 Å². The molecule has 1 fully saturated rings. The Balaban J connectivity index is 0.00000392. The van der Waals surface area contributed by atoms with Crippen LogP contribution in [0.5, 0.6) is 0 Å². The fraction of sp³-hybridized carbons (Fsp3) is 0.579. The number of nitro benzene ring substituents is 1. The zero-order valence-electron chi connectivity index (χ0n) is 16.6. The molecule has 1 aliphatic carbocycles. The minimum Gasteiger partial charge on any atom is -0.444 e. The summed E-state index contributed by atoms with van der Waals surface area (Å²) in [6.07, 6.45) is 2.89. The number of amides is 1. The van der Waals surface area contributed by atoms with Gasteiger partial charge in [0.05, 0.1) is 4.92 Å². The molecule has 0 spiro atoms. The lowest BCUT2D eigenvalue weighted by molar-refractivity contribution is -0.384. The first-order valence-corrected chi connectivity index (χ1v) is 9.03. The van der Waals surface area contributed by atoms with Gasteiger partial charge in [-0.1, -0.05) is 0 Å². The quantitative estimate of drug-likeness (QED) is 0.406. The Hall–Kier alpha value is -2.35. The third-order valence-electron chi connectivity index (χ3n) is 4.53. The van der Waals surface area contributed by atoms with E-state index in [1.165, 1.54) is 6.07 Å². The van der Waals surface area contributed by atoms with Crippen LogP contribution < -0.4 is 5.32 Å². The largest absolute Gasteiger partial charge is 0.444 e. The lowest BCUT2D eigenvalue weighted by Gasteiger charge is -2.37. The molecule has 156 valence electrons. The molecule has 8 nitrogen and oxygen atoms in total. The summed E-state index contributed by atoms with van der Waals surface area (Å²) in [5.74, 6) is 0.459. The van der Waals surface area contributed by atoms with E-state index in [2.05, 4.69) is 5.32 Å². The van der Waals surface area contributed by atoms with E-state index in [9.17, 15) is 19.7 Å². The number of carbonyl (C=O) groups is 2. The number of aldehydes is 1. The predicted octanol–water partition coefficient (Wildman–Crippen LogP) is 4.28. The van der Waals surface area contributed by atoms with Gasteiger partial charge >= 0.3 is 6.09 Å². The Labute approximate surface area is 171 Å². The van der Waals surface area contributed by atoms with Crippen molar-refractivity contribution < 1.29 is 19.2 Å². The van der Waals surface area contributed by atoms with E-state index >= 15 is 0 Å². The fourth-order valence-electron chi connectivity index (χ4n) is 3.01. The maximum Gasteiger partial charge on any atom is 0.410 e. The molecular weight excluding hydrogens is 386 g/mol. The van der Waals surface area contributed by atoms with Crippen molar-refractivity contribution in [1.29, 1.82) is 0 Å². The summed E-state index contributed by atoms with van der Waals surface area (Å²) in [5.41, 5.74) is 0.113. The first-order chi connectivity index (χ1) is 12.6. The van der Waals surface area contributed by atoms with E-state index in [1.807, 2.05) is 20.8 Å². The molecule has 0 radical (unpaired) electrons. The zero-order chi connectivity index (χ0) is 20.2. The maximum atomic E-state index is 11.9. The molecule has 0 saturated heterocycles. The molecular formula is C19H28ClN3O5. The molecule has 0 aromatic heterocycles. The van der Waals surface area contributed by atoms with E-state index in [4.69, 9.17) is 4.74 Å². The summed E-state index contributed by atoms with van der Waals surface area (Å²) in [6, 6.07) is 4.57. The van der Waals surface area contributed by atoms with Crippen LogP contribution in [0.25, 0.3) is 0 Å². The van der Waals surface area contributed by atoms with Crippen molar-refractivity contribution in [3.63, 3.8) is 0 Å². The van der Waals surface area contributed by atoms with Gasteiger partial charge in [-0.05, 0) is 58.1 Å². The van der Waals surface area contributed by atoms with Gasteiger partial charge in [-0.3, -0.25) is 14.9 Å². The molecule has 1 aromatic rings. The topological polar surface area (TPSA) is 102 Å². The standard InChI is InChI=1S/C19H27N3O5.ClH/c1-19(2,3)27-18(24)21(4)8-7-13-9-15(10-13)20-16-6-5-14(12-23)11-17(16)22(25)26;/h5-6,11-13,15,20H,7-10H2,1-4H3;1H. The minimum atomic E-state index is -0.509. The number of anilines is 1. The number of nitrogens with zero attached hydrogens (tertiary/aromatic N) is 2. The number of ether oxygens (including phenoxy) is 1. The first-order valence-electron chi connectivity index (χ1n) is 9.03. The summed E-state index contributed by atoms with van der Waals surface area (Å²) in [7, 11) is 1.72. The van der Waals surface area contributed by atoms with E-state index in [0.29, 0.717) is 24.4 Å². The van der Waals surface area contributed by atoms with Crippen LogP contribution in [-0.4, -0.2) is 47.4 Å². The molecule has 1 N–H and O–H groups in total. The third-order valence-corrected chi connectivity index (χ3v) is 4.53. The van der Waals surface area contributed by atoms with Gasteiger partial charge in [0.1, 0.15) is 17.6 Å². The summed E-state index contributed by atoms with van der Waals surface area (Å²) in [6.45, 7) is 6.12. The Kier molecular flexibility index (Phi) is 8.23.